The molecule has 2 aromatic rings. The average molecular weight is 345 g/mol. The first-order valence-electron chi connectivity index (χ1n) is 7.85. The summed E-state index contributed by atoms with van der Waals surface area (Å²) in [4.78, 5) is 12.1. The number of nitrogens with one attached hydrogen (secondary N) is 1. The van der Waals surface area contributed by atoms with Gasteiger partial charge in [0, 0.05) is 10.6 Å². The van der Waals surface area contributed by atoms with E-state index in [1.807, 2.05) is 39.0 Å². The Labute approximate surface area is 147 Å². The van der Waals surface area contributed by atoms with E-state index in [1.54, 1.807) is 24.3 Å². The Morgan fingerprint density at radius 2 is 1.83 bits per heavy atom. The number of hydrogen-bond acceptors (Lipinski definition) is 3. The Balaban J connectivity index is 2.01. The molecule has 0 bridgehead atoms. The number of nitrogens with zero attached hydrogens (tertiary/aromatic N) is 1. The molecule has 4 nitrogen and oxygen atoms in total. The summed E-state index contributed by atoms with van der Waals surface area (Å²) in [5.41, 5.74) is 5.70. The molecule has 2 aromatic carbocycles. The smallest absolute Gasteiger partial charge is 0.271 e. The predicted octanol–water partition coefficient (Wildman–Crippen LogP) is 4.59. The number of amides is 1. The molecule has 0 aliphatic rings. The third kappa shape index (κ3) is 4.83. The number of hydrazone groups is 1. The van der Waals surface area contributed by atoms with Gasteiger partial charge in [-0.2, -0.15) is 5.10 Å². The number of aryl methyl sites for hydroxylation is 1. The number of carbonyl (C=O) groups is 1. The van der Waals surface area contributed by atoms with Crippen LogP contribution in [0.1, 0.15) is 41.8 Å². The highest BCUT2D eigenvalue weighted by Crippen LogP contribution is 2.17. The molecule has 0 heterocycles. The molecule has 0 fully saturated rings. The molecule has 0 saturated heterocycles. The van der Waals surface area contributed by atoms with Gasteiger partial charge in [0.2, 0.25) is 0 Å². The van der Waals surface area contributed by atoms with E-state index in [1.165, 1.54) is 0 Å². The number of ether oxygens (including phenoxy) is 1. The lowest BCUT2D eigenvalue weighted by Crippen LogP contribution is -2.19. The Kier molecular flexibility index (Phi) is 6.38. The molecular weight excluding hydrogens is 324 g/mol. The third-order valence-electron chi connectivity index (χ3n) is 3.49. The molecule has 0 radical (unpaired) electrons. The van der Waals surface area contributed by atoms with E-state index >= 15 is 0 Å². The Hall–Kier alpha value is -2.33. The van der Waals surface area contributed by atoms with Crippen molar-refractivity contribution in [2.45, 2.75) is 27.2 Å². The van der Waals surface area contributed by atoms with Crippen LogP contribution < -0.4 is 10.2 Å². The zero-order chi connectivity index (χ0) is 17.5. The molecule has 0 aromatic heterocycles. The molecule has 0 aliphatic carbocycles. The molecule has 5 heteroatoms. The molecule has 126 valence electrons. The molecule has 2 rings (SSSR count). The number of halogens is 1. The zero-order valence-electron chi connectivity index (χ0n) is 14.1. The summed E-state index contributed by atoms with van der Waals surface area (Å²) in [6.07, 6.45) is 0.945. The second-order valence-corrected chi connectivity index (χ2v) is 5.88. The van der Waals surface area contributed by atoms with Crippen LogP contribution in [0.5, 0.6) is 5.75 Å². The topological polar surface area (TPSA) is 50.7 Å². The van der Waals surface area contributed by atoms with Gasteiger partial charge in [-0.1, -0.05) is 24.6 Å². The summed E-state index contributed by atoms with van der Waals surface area (Å²) in [6, 6.07) is 12.6. The van der Waals surface area contributed by atoms with Crippen molar-refractivity contribution in [2.24, 2.45) is 5.10 Å². The fraction of sp³-hybridized carbons (Fsp3) is 0.263. The molecule has 24 heavy (non-hydrogen) atoms. The van der Waals surface area contributed by atoms with Crippen LogP contribution in [0, 0.1) is 6.92 Å². The van der Waals surface area contributed by atoms with Gasteiger partial charge in [0.15, 0.2) is 0 Å². The SMILES string of the molecule is CCCOc1ccc(C(=O)N/N=C(/C)c2ccc(Cl)c(C)c2)cc1. The maximum atomic E-state index is 12.1. The van der Waals surface area contributed by atoms with Crippen LogP contribution in [0.15, 0.2) is 47.6 Å². The third-order valence-corrected chi connectivity index (χ3v) is 3.91. The quantitative estimate of drug-likeness (QED) is 0.615. The van der Waals surface area contributed by atoms with E-state index in [-0.39, 0.29) is 5.91 Å². The van der Waals surface area contributed by atoms with Gasteiger partial charge in [-0.3, -0.25) is 4.79 Å². The molecule has 1 amide bonds. The van der Waals surface area contributed by atoms with Crippen LogP contribution in [0.25, 0.3) is 0 Å². The van der Waals surface area contributed by atoms with Crippen LogP contribution in [0.3, 0.4) is 0 Å². The fourth-order valence-electron chi connectivity index (χ4n) is 2.06. The van der Waals surface area contributed by atoms with Crippen LogP contribution >= 0.6 is 11.6 Å². The van der Waals surface area contributed by atoms with Crippen molar-refractivity contribution < 1.29 is 9.53 Å². The van der Waals surface area contributed by atoms with Gasteiger partial charge in [0.1, 0.15) is 5.75 Å². The Morgan fingerprint density at radius 3 is 2.46 bits per heavy atom. The van der Waals surface area contributed by atoms with E-state index < -0.39 is 0 Å². The van der Waals surface area contributed by atoms with Crippen molar-refractivity contribution in [3.8, 4) is 5.75 Å². The minimum absolute atomic E-state index is 0.262. The number of benzene rings is 2. The maximum absolute atomic E-state index is 12.1. The van der Waals surface area contributed by atoms with E-state index in [4.69, 9.17) is 16.3 Å². The lowest BCUT2D eigenvalue weighted by Gasteiger charge is -2.06. The number of hydrogen-bond donors (Lipinski definition) is 1. The summed E-state index contributed by atoms with van der Waals surface area (Å²) in [5, 5.41) is 4.87. The van der Waals surface area contributed by atoms with E-state index in [2.05, 4.69) is 10.5 Å². The molecule has 0 saturated carbocycles. The first-order valence-corrected chi connectivity index (χ1v) is 8.23. The summed E-state index contributed by atoms with van der Waals surface area (Å²) < 4.78 is 5.50. The summed E-state index contributed by atoms with van der Waals surface area (Å²) in [5.74, 6) is 0.492. The lowest BCUT2D eigenvalue weighted by atomic mass is 10.1. The largest absolute Gasteiger partial charge is 0.494 e. The molecule has 0 spiro atoms. The maximum Gasteiger partial charge on any atom is 0.271 e. The normalized spacial score (nSPS) is 11.2. The summed E-state index contributed by atoms with van der Waals surface area (Å²) in [7, 11) is 0. The predicted molar refractivity (Wildman–Crippen MR) is 98.1 cm³/mol. The van der Waals surface area contributed by atoms with Crippen LogP contribution in [-0.2, 0) is 0 Å². The highest BCUT2D eigenvalue weighted by Gasteiger charge is 2.06. The second kappa shape index (κ2) is 8.50. The van der Waals surface area contributed by atoms with E-state index in [9.17, 15) is 4.79 Å². The van der Waals surface area contributed by atoms with E-state index in [0.29, 0.717) is 22.9 Å². The monoisotopic (exact) mass is 344 g/mol. The van der Waals surface area contributed by atoms with Gasteiger partial charge in [-0.05, 0) is 67.8 Å². The van der Waals surface area contributed by atoms with Crippen molar-refractivity contribution in [1.29, 1.82) is 0 Å². The minimum atomic E-state index is -0.262. The van der Waals surface area contributed by atoms with Crippen molar-refractivity contribution in [2.75, 3.05) is 6.61 Å². The van der Waals surface area contributed by atoms with Gasteiger partial charge >= 0.3 is 0 Å². The van der Waals surface area contributed by atoms with E-state index in [0.717, 1.165) is 23.3 Å². The fourth-order valence-corrected chi connectivity index (χ4v) is 2.17. The summed E-state index contributed by atoms with van der Waals surface area (Å²) in [6.45, 7) is 6.48. The van der Waals surface area contributed by atoms with Crippen LogP contribution in [0.2, 0.25) is 5.02 Å². The Morgan fingerprint density at radius 1 is 1.17 bits per heavy atom. The van der Waals surface area contributed by atoms with Crippen LogP contribution in [-0.4, -0.2) is 18.2 Å². The van der Waals surface area contributed by atoms with Gasteiger partial charge in [0.05, 0.1) is 12.3 Å². The highest BCUT2D eigenvalue weighted by molar-refractivity contribution is 6.31. The standard InChI is InChI=1S/C19H21ClN2O2/c1-4-11-24-17-8-5-15(6-9-17)19(23)22-21-14(3)16-7-10-18(20)13(2)12-16/h5-10,12H,4,11H2,1-3H3,(H,22,23)/b21-14-. The number of rotatable bonds is 6. The first kappa shape index (κ1) is 18.0. The average Bonchev–Trinajstić information content (AvgIpc) is 2.60. The summed E-state index contributed by atoms with van der Waals surface area (Å²) >= 11 is 6.02. The number of carbonyl (C=O) groups excluding carboxylic acids is 1. The molecule has 1 N–H and O–H groups in total. The molecule has 0 atom stereocenters. The molecule has 0 aliphatic heterocycles. The van der Waals surface area contributed by atoms with Gasteiger partial charge in [-0.15, -0.1) is 0 Å². The minimum Gasteiger partial charge on any atom is -0.494 e. The second-order valence-electron chi connectivity index (χ2n) is 5.47. The van der Waals surface area contributed by atoms with Crippen LogP contribution in [0.4, 0.5) is 0 Å². The van der Waals surface area contributed by atoms with Crippen molar-refractivity contribution in [3.05, 3.63) is 64.2 Å². The van der Waals surface area contributed by atoms with Crippen molar-refractivity contribution in [1.82, 2.24) is 5.43 Å². The lowest BCUT2D eigenvalue weighted by molar-refractivity contribution is 0.0955. The highest BCUT2D eigenvalue weighted by atomic mass is 35.5. The first-order chi connectivity index (χ1) is 11.5. The molecule has 0 unspecified atom stereocenters. The Bertz CT molecular complexity index is 740. The molecular formula is C19H21ClN2O2. The zero-order valence-corrected chi connectivity index (χ0v) is 14.9. The van der Waals surface area contributed by atoms with Crippen molar-refractivity contribution >= 4 is 23.2 Å². The van der Waals surface area contributed by atoms with Gasteiger partial charge in [-0.25, -0.2) is 5.43 Å². The van der Waals surface area contributed by atoms with Gasteiger partial charge in [0.25, 0.3) is 5.91 Å². The van der Waals surface area contributed by atoms with Crippen molar-refractivity contribution in [3.63, 3.8) is 0 Å². The van der Waals surface area contributed by atoms with Gasteiger partial charge < -0.3 is 4.74 Å².